The summed E-state index contributed by atoms with van der Waals surface area (Å²) in [6.07, 6.45) is 1.07. The highest BCUT2D eigenvalue weighted by Gasteiger charge is 2.26. The Morgan fingerprint density at radius 1 is 1.61 bits per heavy atom. The second-order valence-corrected chi connectivity index (χ2v) is 5.87. The van der Waals surface area contributed by atoms with Crippen molar-refractivity contribution in [1.29, 1.82) is 0 Å². The molecule has 0 saturated carbocycles. The average molecular weight is 334 g/mol. The molecule has 1 saturated heterocycles. The molecule has 1 heterocycles. The summed E-state index contributed by atoms with van der Waals surface area (Å²) in [5, 5.41) is 0.724. The first-order valence-corrected chi connectivity index (χ1v) is 7.25. The lowest BCUT2D eigenvalue weighted by molar-refractivity contribution is 0.134. The number of likely N-dealkylation sites (N-methyl/N-ethyl adjacent to an activating group) is 1. The summed E-state index contributed by atoms with van der Waals surface area (Å²) in [6, 6.07) is 6.65. The Hall–Kier alpha value is -0.130. The van der Waals surface area contributed by atoms with Gasteiger partial charge in [-0.05, 0) is 47.1 Å². The lowest BCUT2D eigenvalue weighted by Gasteiger charge is -2.32. The van der Waals surface area contributed by atoms with Crippen LogP contribution in [-0.4, -0.2) is 37.7 Å². The molecule has 1 aromatic carbocycles. The largest absolute Gasteiger partial charge is 0.380 e. The quantitative estimate of drug-likeness (QED) is 0.921. The minimum atomic E-state index is 0.183. The molecule has 100 valence electrons. The van der Waals surface area contributed by atoms with E-state index in [1.165, 1.54) is 0 Å². The highest BCUT2D eigenvalue weighted by molar-refractivity contribution is 9.10. The molecule has 0 spiro atoms. The maximum absolute atomic E-state index is 6.15. The molecule has 2 unspecified atom stereocenters. The van der Waals surface area contributed by atoms with Gasteiger partial charge in [0, 0.05) is 29.7 Å². The molecule has 0 amide bonds. The summed E-state index contributed by atoms with van der Waals surface area (Å²) in [5.74, 6) is 0. The van der Waals surface area contributed by atoms with Gasteiger partial charge in [-0.25, -0.2) is 0 Å². The van der Waals surface area contributed by atoms with Crippen LogP contribution in [0.5, 0.6) is 0 Å². The van der Waals surface area contributed by atoms with Crippen molar-refractivity contribution in [3.8, 4) is 0 Å². The molecule has 2 rings (SSSR count). The minimum absolute atomic E-state index is 0.183. The van der Waals surface area contributed by atoms with Crippen LogP contribution in [0.25, 0.3) is 0 Å². The van der Waals surface area contributed by atoms with Crippen LogP contribution >= 0.6 is 27.5 Å². The van der Waals surface area contributed by atoms with Crippen molar-refractivity contribution in [3.63, 3.8) is 0 Å². The fourth-order valence-electron chi connectivity index (χ4n) is 2.35. The predicted molar refractivity (Wildman–Crippen MR) is 77.9 cm³/mol. The van der Waals surface area contributed by atoms with Crippen LogP contribution in [0.1, 0.15) is 18.0 Å². The van der Waals surface area contributed by atoms with Gasteiger partial charge in [-0.2, -0.15) is 0 Å². The number of rotatable bonds is 4. The zero-order valence-corrected chi connectivity index (χ0v) is 12.7. The maximum Gasteiger partial charge on any atom is 0.0622 e. The molecular weight excluding hydrogens is 316 g/mol. The second-order valence-electron chi connectivity index (χ2n) is 4.61. The van der Waals surface area contributed by atoms with Crippen LogP contribution in [0.2, 0.25) is 5.02 Å². The van der Waals surface area contributed by atoms with Crippen molar-refractivity contribution in [2.24, 2.45) is 5.73 Å². The van der Waals surface area contributed by atoms with E-state index in [9.17, 15) is 0 Å². The third-order valence-corrected chi connectivity index (χ3v) is 4.76. The molecule has 1 aliphatic rings. The molecular formula is C13H18BrClN2O. The molecule has 3 nitrogen and oxygen atoms in total. The number of nitrogens with two attached hydrogens (primary N) is 1. The van der Waals surface area contributed by atoms with Crippen LogP contribution in [0.15, 0.2) is 22.7 Å². The normalized spacial score (nSPS) is 21.5. The first kappa shape index (κ1) is 14.3. The highest BCUT2D eigenvalue weighted by Crippen LogP contribution is 2.29. The Bertz CT molecular complexity index is 410. The molecule has 2 atom stereocenters. The highest BCUT2D eigenvalue weighted by atomic mass is 79.9. The van der Waals surface area contributed by atoms with Crippen molar-refractivity contribution in [1.82, 2.24) is 4.90 Å². The molecule has 1 aliphatic heterocycles. The van der Waals surface area contributed by atoms with E-state index in [-0.39, 0.29) is 6.04 Å². The summed E-state index contributed by atoms with van der Waals surface area (Å²) >= 11 is 9.56. The SMILES string of the molecule is CN(C1CCOC1)C(CN)c1ccc(Br)c(Cl)c1. The fourth-order valence-corrected chi connectivity index (χ4v) is 2.79. The van der Waals surface area contributed by atoms with Crippen LogP contribution in [0.3, 0.4) is 0 Å². The van der Waals surface area contributed by atoms with Gasteiger partial charge in [-0.1, -0.05) is 17.7 Å². The molecule has 0 bridgehead atoms. The van der Waals surface area contributed by atoms with E-state index in [2.05, 4.69) is 33.9 Å². The van der Waals surface area contributed by atoms with E-state index in [4.69, 9.17) is 22.1 Å². The molecule has 0 radical (unpaired) electrons. The number of benzene rings is 1. The molecule has 1 fully saturated rings. The van der Waals surface area contributed by atoms with Crippen molar-refractivity contribution >= 4 is 27.5 Å². The van der Waals surface area contributed by atoms with E-state index in [1.54, 1.807) is 0 Å². The Labute approximate surface area is 121 Å². The van der Waals surface area contributed by atoms with Crippen LogP contribution < -0.4 is 5.73 Å². The topological polar surface area (TPSA) is 38.5 Å². The van der Waals surface area contributed by atoms with Gasteiger partial charge in [0.05, 0.1) is 11.6 Å². The van der Waals surface area contributed by atoms with Crippen LogP contribution in [0, 0.1) is 0 Å². The standard InChI is InChI=1S/C13H18BrClN2O/c1-17(10-4-5-18-8-10)13(7-16)9-2-3-11(14)12(15)6-9/h2-3,6,10,13H,4-5,7-8,16H2,1H3. The number of ether oxygens (including phenoxy) is 1. The van der Waals surface area contributed by atoms with E-state index >= 15 is 0 Å². The second kappa shape index (κ2) is 6.35. The third-order valence-electron chi connectivity index (χ3n) is 3.52. The first-order valence-electron chi connectivity index (χ1n) is 6.08. The van der Waals surface area contributed by atoms with Gasteiger partial charge in [0.15, 0.2) is 0 Å². The van der Waals surface area contributed by atoms with E-state index in [0.717, 1.165) is 34.7 Å². The Morgan fingerprint density at radius 3 is 2.94 bits per heavy atom. The summed E-state index contributed by atoms with van der Waals surface area (Å²) < 4.78 is 6.35. The van der Waals surface area contributed by atoms with Crippen LogP contribution in [-0.2, 0) is 4.74 Å². The zero-order chi connectivity index (χ0) is 13.1. The summed E-state index contributed by atoms with van der Waals surface area (Å²) in [6.45, 7) is 2.20. The van der Waals surface area contributed by atoms with Gasteiger partial charge in [0.2, 0.25) is 0 Å². The lowest BCUT2D eigenvalue weighted by Crippen LogP contribution is -2.38. The Morgan fingerprint density at radius 2 is 2.39 bits per heavy atom. The third kappa shape index (κ3) is 3.06. The number of halogens is 2. The predicted octanol–water partition coefficient (Wildman–Crippen LogP) is 2.82. The Balaban J connectivity index is 2.18. The molecule has 1 aromatic rings. The minimum Gasteiger partial charge on any atom is -0.380 e. The van der Waals surface area contributed by atoms with Gasteiger partial charge in [-0.3, -0.25) is 4.90 Å². The number of hydrogen-bond acceptors (Lipinski definition) is 3. The monoisotopic (exact) mass is 332 g/mol. The van der Waals surface area contributed by atoms with Gasteiger partial charge < -0.3 is 10.5 Å². The van der Waals surface area contributed by atoms with Crippen LogP contribution in [0.4, 0.5) is 0 Å². The maximum atomic E-state index is 6.15. The van der Waals surface area contributed by atoms with E-state index in [0.29, 0.717) is 12.6 Å². The molecule has 5 heteroatoms. The Kier molecular flexibility index (Phi) is 5.04. The van der Waals surface area contributed by atoms with Crippen molar-refractivity contribution in [3.05, 3.63) is 33.3 Å². The summed E-state index contributed by atoms with van der Waals surface area (Å²) in [4.78, 5) is 2.30. The van der Waals surface area contributed by atoms with E-state index < -0.39 is 0 Å². The van der Waals surface area contributed by atoms with Gasteiger partial charge in [0.25, 0.3) is 0 Å². The number of hydrogen-bond donors (Lipinski definition) is 1. The fraction of sp³-hybridized carbons (Fsp3) is 0.538. The lowest BCUT2D eigenvalue weighted by atomic mass is 10.0. The van der Waals surface area contributed by atoms with E-state index in [1.807, 2.05) is 12.1 Å². The zero-order valence-electron chi connectivity index (χ0n) is 10.4. The summed E-state index contributed by atoms with van der Waals surface area (Å²) in [5.41, 5.74) is 7.08. The van der Waals surface area contributed by atoms with Crippen molar-refractivity contribution in [2.45, 2.75) is 18.5 Å². The van der Waals surface area contributed by atoms with Gasteiger partial charge in [0.1, 0.15) is 0 Å². The first-order chi connectivity index (χ1) is 8.63. The molecule has 18 heavy (non-hydrogen) atoms. The molecule has 2 N–H and O–H groups in total. The van der Waals surface area contributed by atoms with Gasteiger partial charge >= 0.3 is 0 Å². The molecule has 0 aliphatic carbocycles. The van der Waals surface area contributed by atoms with Gasteiger partial charge in [-0.15, -0.1) is 0 Å². The smallest absolute Gasteiger partial charge is 0.0622 e. The summed E-state index contributed by atoms with van der Waals surface area (Å²) in [7, 11) is 2.10. The van der Waals surface area contributed by atoms with Crippen molar-refractivity contribution < 1.29 is 4.74 Å². The van der Waals surface area contributed by atoms with Crippen molar-refractivity contribution in [2.75, 3.05) is 26.8 Å². The average Bonchev–Trinajstić information content (AvgIpc) is 2.88. The molecule has 0 aromatic heterocycles. The number of nitrogens with zero attached hydrogens (tertiary/aromatic N) is 1.